The van der Waals surface area contributed by atoms with Crippen LogP contribution >= 0.6 is 0 Å². The summed E-state index contributed by atoms with van der Waals surface area (Å²) in [5.74, 6) is 1.06. The molecule has 0 spiro atoms. The van der Waals surface area contributed by atoms with Crippen LogP contribution in [0.5, 0.6) is 0 Å². The van der Waals surface area contributed by atoms with Gasteiger partial charge in [0.05, 0.1) is 5.92 Å². The fraction of sp³-hybridized carbons (Fsp3) is 0.667. The third-order valence-electron chi connectivity index (χ3n) is 2.57. The third-order valence-corrected chi connectivity index (χ3v) is 2.57. The molecule has 15 heavy (non-hydrogen) atoms. The normalized spacial score (nSPS) is 20.9. The Morgan fingerprint density at radius 2 is 2.53 bits per heavy atom. The Bertz CT molecular complexity index is 363. The maximum atomic E-state index is 11.2. The van der Waals surface area contributed by atoms with Crippen molar-refractivity contribution >= 4 is 5.91 Å². The molecule has 6 nitrogen and oxygen atoms in total. The van der Waals surface area contributed by atoms with Gasteiger partial charge in [0.15, 0.2) is 5.82 Å². The van der Waals surface area contributed by atoms with Crippen molar-refractivity contribution in [3.05, 3.63) is 11.7 Å². The van der Waals surface area contributed by atoms with E-state index in [0.29, 0.717) is 24.8 Å². The maximum Gasteiger partial charge on any atom is 0.248 e. The lowest BCUT2D eigenvalue weighted by atomic mass is 10.1. The molecule has 1 atom stereocenters. The zero-order valence-electron chi connectivity index (χ0n) is 8.51. The molecule has 1 fully saturated rings. The van der Waals surface area contributed by atoms with Gasteiger partial charge in [-0.25, -0.2) is 0 Å². The molecule has 82 valence electrons. The van der Waals surface area contributed by atoms with E-state index in [1.807, 2.05) is 0 Å². The summed E-state index contributed by atoms with van der Waals surface area (Å²) in [6.07, 6.45) is 0.813. The van der Waals surface area contributed by atoms with Crippen LogP contribution < -0.4 is 0 Å². The highest BCUT2D eigenvalue weighted by Gasteiger charge is 2.30. The second kappa shape index (κ2) is 3.98. The Labute approximate surface area is 86.9 Å². The summed E-state index contributed by atoms with van der Waals surface area (Å²) in [6, 6.07) is 0. The predicted octanol–water partition coefficient (Wildman–Crippen LogP) is -0.314. The van der Waals surface area contributed by atoms with Crippen molar-refractivity contribution < 1.29 is 14.4 Å². The molecule has 1 aromatic heterocycles. The molecule has 0 saturated carbocycles. The second-order valence-electron chi connectivity index (χ2n) is 3.66. The van der Waals surface area contributed by atoms with Crippen molar-refractivity contribution in [3.63, 3.8) is 0 Å². The van der Waals surface area contributed by atoms with Crippen molar-refractivity contribution in [2.45, 2.75) is 19.3 Å². The Kier molecular flexibility index (Phi) is 2.68. The van der Waals surface area contributed by atoms with Crippen LogP contribution in [-0.2, 0) is 4.79 Å². The van der Waals surface area contributed by atoms with Gasteiger partial charge >= 0.3 is 0 Å². The highest BCUT2D eigenvalue weighted by molar-refractivity contribution is 5.77. The Morgan fingerprint density at radius 3 is 3.13 bits per heavy atom. The monoisotopic (exact) mass is 211 g/mol. The number of rotatable bonds is 2. The quantitative estimate of drug-likeness (QED) is 0.725. The van der Waals surface area contributed by atoms with Gasteiger partial charge in [0.1, 0.15) is 6.61 Å². The Balaban J connectivity index is 2.01. The lowest BCUT2D eigenvalue weighted by Crippen LogP contribution is -2.30. The third kappa shape index (κ3) is 1.99. The lowest BCUT2D eigenvalue weighted by molar-refractivity contribution is -0.133. The van der Waals surface area contributed by atoms with Crippen LogP contribution in [0.15, 0.2) is 4.52 Å². The topological polar surface area (TPSA) is 79.5 Å². The number of likely N-dealkylation sites (tertiary alicyclic amines) is 1. The zero-order chi connectivity index (χ0) is 10.8. The number of aryl methyl sites for hydroxylation is 1. The van der Waals surface area contributed by atoms with Gasteiger partial charge in [-0.05, 0) is 13.3 Å². The van der Waals surface area contributed by atoms with E-state index in [4.69, 9.17) is 9.63 Å². The average molecular weight is 211 g/mol. The van der Waals surface area contributed by atoms with Gasteiger partial charge in [-0.1, -0.05) is 5.16 Å². The molecule has 1 saturated heterocycles. The molecule has 1 amide bonds. The van der Waals surface area contributed by atoms with Crippen molar-refractivity contribution in [2.75, 3.05) is 19.7 Å². The zero-order valence-corrected chi connectivity index (χ0v) is 8.51. The Hall–Kier alpha value is -1.43. The molecule has 1 aromatic rings. The number of aliphatic hydroxyl groups is 1. The van der Waals surface area contributed by atoms with Crippen molar-refractivity contribution in [3.8, 4) is 0 Å². The highest BCUT2D eigenvalue weighted by Crippen LogP contribution is 2.25. The first-order chi connectivity index (χ1) is 7.20. The molecule has 0 radical (unpaired) electrons. The Morgan fingerprint density at radius 1 is 1.73 bits per heavy atom. The highest BCUT2D eigenvalue weighted by atomic mass is 16.5. The molecule has 6 heteroatoms. The van der Waals surface area contributed by atoms with E-state index < -0.39 is 6.61 Å². The van der Waals surface area contributed by atoms with Crippen LogP contribution in [-0.4, -0.2) is 45.8 Å². The number of carbonyl (C=O) groups is 1. The molecule has 2 rings (SSSR count). The molecule has 0 bridgehead atoms. The van der Waals surface area contributed by atoms with Crippen LogP contribution in [0.2, 0.25) is 0 Å². The van der Waals surface area contributed by atoms with Crippen LogP contribution in [0, 0.1) is 6.92 Å². The minimum Gasteiger partial charge on any atom is -0.387 e. The van der Waals surface area contributed by atoms with Crippen molar-refractivity contribution in [1.82, 2.24) is 15.0 Å². The van der Waals surface area contributed by atoms with Gasteiger partial charge in [0.25, 0.3) is 0 Å². The largest absolute Gasteiger partial charge is 0.387 e. The first kappa shape index (κ1) is 10.1. The summed E-state index contributed by atoms with van der Waals surface area (Å²) in [6.45, 7) is 2.53. The van der Waals surface area contributed by atoms with E-state index in [1.165, 1.54) is 0 Å². The number of aromatic nitrogens is 2. The predicted molar refractivity (Wildman–Crippen MR) is 50.1 cm³/mol. The molecule has 2 heterocycles. The second-order valence-corrected chi connectivity index (χ2v) is 3.66. The maximum absolute atomic E-state index is 11.2. The molecule has 1 N–H and O–H groups in total. The molecule has 0 aromatic carbocycles. The van der Waals surface area contributed by atoms with Crippen molar-refractivity contribution in [2.24, 2.45) is 0 Å². The van der Waals surface area contributed by atoms with Crippen molar-refractivity contribution in [1.29, 1.82) is 0 Å². The number of hydrogen-bond donors (Lipinski definition) is 1. The van der Waals surface area contributed by atoms with Gasteiger partial charge in [0.2, 0.25) is 11.8 Å². The molecule has 1 aliphatic heterocycles. The number of hydrogen-bond acceptors (Lipinski definition) is 5. The standard InChI is InChI=1S/C9H13N3O3/c1-6-10-9(15-11-6)7-2-3-12(4-7)8(14)5-13/h7,13H,2-5H2,1H3. The molecular formula is C9H13N3O3. The van der Waals surface area contributed by atoms with Gasteiger partial charge in [0, 0.05) is 13.1 Å². The van der Waals surface area contributed by atoms with E-state index in [9.17, 15) is 4.79 Å². The summed E-state index contributed by atoms with van der Waals surface area (Å²) in [4.78, 5) is 17.0. The summed E-state index contributed by atoms with van der Waals surface area (Å²) in [7, 11) is 0. The van der Waals surface area contributed by atoms with E-state index in [0.717, 1.165) is 6.42 Å². The van der Waals surface area contributed by atoms with E-state index in [-0.39, 0.29) is 11.8 Å². The van der Waals surface area contributed by atoms with Gasteiger partial charge in [-0.2, -0.15) is 4.98 Å². The number of aliphatic hydroxyl groups excluding tert-OH is 1. The minimum absolute atomic E-state index is 0.113. The van der Waals surface area contributed by atoms with E-state index in [1.54, 1.807) is 11.8 Å². The van der Waals surface area contributed by atoms with Crippen LogP contribution in [0.3, 0.4) is 0 Å². The van der Waals surface area contributed by atoms with Crippen LogP contribution in [0.25, 0.3) is 0 Å². The fourth-order valence-corrected chi connectivity index (χ4v) is 1.77. The van der Waals surface area contributed by atoms with Crippen LogP contribution in [0.4, 0.5) is 0 Å². The van der Waals surface area contributed by atoms with E-state index >= 15 is 0 Å². The number of carbonyl (C=O) groups excluding carboxylic acids is 1. The minimum atomic E-state index is -0.435. The average Bonchev–Trinajstić information content (AvgIpc) is 2.84. The van der Waals surface area contributed by atoms with Gasteiger partial charge in [-0.15, -0.1) is 0 Å². The first-order valence-corrected chi connectivity index (χ1v) is 4.89. The summed E-state index contributed by atoms with van der Waals surface area (Å²) < 4.78 is 5.05. The number of amides is 1. The number of nitrogens with zero attached hydrogens (tertiary/aromatic N) is 3. The van der Waals surface area contributed by atoms with E-state index in [2.05, 4.69) is 10.1 Å². The molecule has 1 unspecified atom stereocenters. The molecule has 1 aliphatic rings. The molecule has 0 aliphatic carbocycles. The smallest absolute Gasteiger partial charge is 0.248 e. The summed E-state index contributed by atoms with van der Waals surface area (Å²) in [5, 5.41) is 12.4. The van der Waals surface area contributed by atoms with Gasteiger partial charge < -0.3 is 14.5 Å². The van der Waals surface area contributed by atoms with Gasteiger partial charge in [-0.3, -0.25) is 4.79 Å². The fourth-order valence-electron chi connectivity index (χ4n) is 1.77. The summed E-state index contributed by atoms with van der Waals surface area (Å²) in [5.41, 5.74) is 0. The first-order valence-electron chi connectivity index (χ1n) is 4.89. The molecular weight excluding hydrogens is 198 g/mol. The lowest BCUT2D eigenvalue weighted by Gasteiger charge is -2.13. The van der Waals surface area contributed by atoms with Crippen LogP contribution in [0.1, 0.15) is 24.1 Å². The SMILES string of the molecule is Cc1noc(C2CCN(C(=O)CO)C2)n1. The summed E-state index contributed by atoms with van der Waals surface area (Å²) >= 11 is 0.